The Balaban J connectivity index is 0.000000224. The summed E-state index contributed by atoms with van der Waals surface area (Å²) in [5, 5.41) is 6.09. The van der Waals surface area contributed by atoms with E-state index in [0.29, 0.717) is 0 Å². The summed E-state index contributed by atoms with van der Waals surface area (Å²) in [5.41, 5.74) is 2.78. The number of carbonyl (C=O) groups is 2. The van der Waals surface area contributed by atoms with Crippen LogP contribution in [0.5, 0.6) is 0 Å². The molecule has 0 aromatic heterocycles. The van der Waals surface area contributed by atoms with Gasteiger partial charge in [-0.15, -0.1) is 24.4 Å². The number of carbonyl (C=O) groups excluding carboxylic acids is 2. The largest absolute Gasteiger partial charge is 0.340 e. The number of aryl methyl sites for hydroxylation is 1. The van der Waals surface area contributed by atoms with E-state index in [-0.39, 0.29) is 11.8 Å². The quantitative estimate of drug-likeness (QED) is 0.637. The molecule has 2 amide bonds. The van der Waals surface area contributed by atoms with Crippen molar-refractivity contribution < 1.29 is 9.59 Å². The molecule has 154 valence electrons. The molecule has 0 unspecified atom stereocenters. The summed E-state index contributed by atoms with van der Waals surface area (Å²) in [6.07, 6.45) is 2.25. The van der Waals surface area contributed by atoms with Crippen LogP contribution >= 0.6 is 24.4 Å². The minimum atomic E-state index is -0.0673. The first-order valence-corrected chi connectivity index (χ1v) is 11.3. The summed E-state index contributed by atoms with van der Waals surface area (Å²) in [6.45, 7) is 5.25. The highest BCUT2D eigenvalue weighted by Gasteiger charge is 2.13. The number of anilines is 1. The van der Waals surface area contributed by atoms with Gasteiger partial charge in [0, 0.05) is 54.1 Å². The molecular formula is C22H27N3O2S2. The van der Waals surface area contributed by atoms with E-state index in [2.05, 4.69) is 29.3 Å². The first-order valence-electron chi connectivity index (χ1n) is 9.85. The standard InChI is InChI=1S/C16H15NOS2.C6H12N2O/c18-16(17-13-4-1-5-14(19)10-13)12-6-7-15-11(9-12)3-2-8-20-15;1-6(9)8-4-2-7-3-5-8/h1,4-7,9-10,19H,2-3,8H2,(H,17,18);7H,2-5H2,1H3. The summed E-state index contributed by atoms with van der Waals surface area (Å²) >= 11 is 6.15. The lowest BCUT2D eigenvalue weighted by Gasteiger charge is -2.25. The second-order valence-corrected chi connectivity index (χ2v) is 8.69. The maximum atomic E-state index is 12.3. The molecular weight excluding hydrogens is 402 g/mol. The molecule has 0 spiro atoms. The zero-order chi connectivity index (χ0) is 20.6. The van der Waals surface area contributed by atoms with E-state index in [4.69, 9.17) is 0 Å². The van der Waals surface area contributed by atoms with Crippen LogP contribution in [0.1, 0.15) is 29.3 Å². The highest BCUT2D eigenvalue weighted by atomic mass is 32.2. The van der Waals surface area contributed by atoms with Crippen molar-refractivity contribution >= 4 is 41.9 Å². The second kappa shape index (κ2) is 10.7. The highest BCUT2D eigenvalue weighted by Crippen LogP contribution is 2.30. The average Bonchev–Trinajstić information content (AvgIpc) is 2.74. The van der Waals surface area contributed by atoms with Gasteiger partial charge in [0.25, 0.3) is 5.91 Å². The lowest BCUT2D eigenvalue weighted by atomic mass is 10.1. The molecule has 1 fully saturated rings. The van der Waals surface area contributed by atoms with Crippen molar-refractivity contribution in [2.24, 2.45) is 0 Å². The number of piperazine rings is 1. The molecule has 5 nitrogen and oxygen atoms in total. The minimum absolute atomic E-state index is 0.0673. The van der Waals surface area contributed by atoms with Crippen molar-refractivity contribution in [1.29, 1.82) is 0 Å². The Kier molecular flexibility index (Phi) is 8.03. The third kappa shape index (κ3) is 6.52. The van der Waals surface area contributed by atoms with E-state index >= 15 is 0 Å². The molecule has 0 aliphatic carbocycles. The maximum Gasteiger partial charge on any atom is 0.255 e. The van der Waals surface area contributed by atoms with Gasteiger partial charge in [-0.2, -0.15) is 0 Å². The maximum absolute atomic E-state index is 12.3. The Bertz CT molecular complexity index is 867. The zero-order valence-corrected chi connectivity index (χ0v) is 18.3. The van der Waals surface area contributed by atoms with Crippen molar-refractivity contribution in [3.8, 4) is 0 Å². The number of fused-ring (bicyclic) bond motifs is 1. The summed E-state index contributed by atoms with van der Waals surface area (Å²) < 4.78 is 0. The molecule has 2 heterocycles. The molecule has 0 radical (unpaired) electrons. The molecule has 2 aliphatic heterocycles. The Morgan fingerprint density at radius 1 is 1.14 bits per heavy atom. The van der Waals surface area contributed by atoms with Crippen LogP contribution in [-0.4, -0.2) is 48.6 Å². The number of rotatable bonds is 2. The molecule has 0 atom stereocenters. The molecule has 2 N–H and O–H groups in total. The summed E-state index contributed by atoms with van der Waals surface area (Å²) in [6, 6.07) is 13.4. The Hall–Kier alpha value is -1.96. The molecule has 0 bridgehead atoms. The zero-order valence-electron chi connectivity index (χ0n) is 16.6. The highest BCUT2D eigenvalue weighted by molar-refractivity contribution is 7.99. The van der Waals surface area contributed by atoms with Crippen molar-refractivity contribution in [3.05, 3.63) is 53.6 Å². The number of amides is 2. The van der Waals surface area contributed by atoms with Crippen LogP contribution in [0.4, 0.5) is 5.69 Å². The summed E-state index contributed by atoms with van der Waals surface area (Å²) in [4.78, 5) is 27.0. The van der Waals surface area contributed by atoms with Gasteiger partial charge in [0.15, 0.2) is 0 Å². The molecule has 29 heavy (non-hydrogen) atoms. The van der Waals surface area contributed by atoms with Crippen molar-refractivity contribution in [1.82, 2.24) is 10.2 Å². The number of hydrogen-bond donors (Lipinski definition) is 3. The monoisotopic (exact) mass is 429 g/mol. The number of nitrogens with one attached hydrogen (secondary N) is 2. The van der Waals surface area contributed by atoms with Gasteiger partial charge in [0.1, 0.15) is 0 Å². The number of thiol groups is 1. The van der Waals surface area contributed by atoms with Crippen molar-refractivity contribution in [3.63, 3.8) is 0 Å². The van der Waals surface area contributed by atoms with Crippen molar-refractivity contribution in [2.75, 3.05) is 37.2 Å². The fourth-order valence-corrected chi connectivity index (χ4v) is 4.51. The number of nitrogens with zero attached hydrogens (tertiary/aromatic N) is 1. The Morgan fingerprint density at radius 3 is 2.62 bits per heavy atom. The topological polar surface area (TPSA) is 61.4 Å². The minimum Gasteiger partial charge on any atom is -0.340 e. The van der Waals surface area contributed by atoms with Gasteiger partial charge in [0.2, 0.25) is 5.91 Å². The van der Waals surface area contributed by atoms with Crippen LogP contribution in [0.2, 0.25) is 0 Å². The number of thioether (sulfide) groups is 1. The van der Waals surface area contributed by atoms with Gasteiger partial charge in [0.05, 0.1) is 0 Å². The van der Waals surface area contributed by atoms with Gasteiger partial charge >= 0.3 is 0 Å². The van der Waals surface area contributed by atoms with Crippen LogP contribution in [0.25, 0.3) is 0 Å². The number of benzene rings is 2. The predicted molar refractivity (Wildman–Crippen MR) is 122 cm³/mol. The normalized spacial score (nSPS) is 15.6. The third-order valence-electron chi connectivity index (χ3n) is 4.84. The van der Waals surface area contributed by atoms with E-state index in [1.807, 2.05) is 53.1 Å². The Labute approximate surface area is 182 Å². The molecule has 4 rings (SSSR count). The fraction of sp³-hybridized carbons (Fsp3) is 0.364. The van der Waals surface area contributed by atoms with Gasteiger partial charge in [-0.1, -0.05) is 6.07 Å². The molecule has 2 aromatic carbocycles. The predicted octanol–water partition coefficient (Wildman–Crippen LogP) is 3.70. The lowest BCUT2D eigenvalue weighted by Crippen LogP contribution is -2.45. The summed E-state index contributed by atoms with van der Waals surface area (Å²) in [5.74, 6) is 1.30. The van der Waals surface area contributed by atoms with Crippen LogP contribution in [0.15, 0.2) is 52.3 Å². The van der Waals surface area contributed by atoms with E-state index in [0.717, 1.165) is 48.7 Å². The van der Waals surface area contributed by atoms with E-state index < -0.39 is 0 Å². The number of hydrogen-bond acceptors (Lipinski definition) is 5. The first-order chi connectivity index (χ1) is 14.0. The van der Waals surface area contributed by atoms with Gasteiger partial charge in [-0.05, 0) is 60.6 Å². The van der Waals surface area contributed by atoms with E-state index in [1.54, 1.807) is 6.92 Å². The average molecular weight is 430 g/mol. The van der Waals surface area contributed by atoms with Crippen LogP contribution in [0.3, 0.4) is 0 Å². The second-order valence-electron chi connectivity index (χ2n) is 7.04. The van der Waals surface area contributed by atoms with Gasteiger partial charge in [-0.3, -0.25) is 9.59 Å². The molecule has 2 aliphatic rings. The third-order valence-corrected chi connectivity index (χ3v) is 6.32. The first kappa shape index (κ1) is 21.7. The summed E-state index contributed by atoms with van der Waals surface area (Å²) in [7, 11) is 0. The smallest absolute Gasteiger partial charge is 0.255 e. The molecule has 7 heteroatoms. The fourth-order valence-electron chi connectivity index (χ4n) is 3.27. The van der Waals surface area contributed by atoms with E-state index in [1.165, 1.54) is 22.6 Å². The Morgan fingerprint density at radius 2 is 1.93 bits per heavy atom. The SMILES string of the molecule is CC(=O)N1CCNCC1.O=C(Nc1cccc(S)c1)c1ccc2c(c1)CCCS2. The van der Waals surface area contributed by atoms with Crippen LogP contribution in [0, 0.1) is 0 Å². The molecule has 1 saturated heterocycles. The lowest BCUT2D eigenvalue weighted by molar-refractivity contribution is -0.129. The van der Waals surface area contributed by atoms with Crippen LogP contribution in [-0.2, 0) is 11.2 Å². The molecule has 2 aromatic rings. The van der Waals surface area contributed by atoms with Crippen molar-refractivity contribution in [2.45, 2.75) is 29.6 Å². The van der Waals surface area contributed by atoms with Gasteiger partial charge < -0.3 is 15.5 Å². The molecule has 0 saturated carbocycles. The van der Waals surface area contributed by atoms with Crippen LogP contribution < -0.4 is 10.6 Å². The van der Waals surface area contributed by atoms with E-state index in [9.17, 15) is 9.59 Å². The van der Waals surface area contributed by atoms with Gasteiger partial charge in [-0.25, -0.2) is 0 Å².